The van der Waals surface area contributed by atoms with Crippen LogP contribution in [-0.2, 0) is 0 Å². The fourth-order valence-electron chi connectivity index (χ4n) is 3.40. The zero-order chi connectivity index (χ0) is 21.7. The molecular weight excluding hydrogens is 401 g/mol. The van der Waals surface area contributed by atoms with Gasteiger partial charge in [-0.25, -0.2) is 18.7 Å². The minimum atomic E-state index is -0.196. The van der Waals surface area contributed by atoms with E-state index in [1.165, 1.54) is 23.0 Å². The third-order valence-corrected chi connectivity index (χ3v) is 6.12. The first-order chi connectivity index (χ1) is 14.3. The van der Waals surface area contributed by atoms with Crippen molar-refractivity contribution in [1.29, 1.82) is 0 Å². The molecule has 0 radical (unpaired) electrons. The lowest BCUT2D eigenvalue weighted by Gasteiger charge is -2.32. The molecule has 162 valence electrons. The summed E-state index contributed by atoms with van der Waals surface area (Å²) < 4.78 is 16.2. The summed E-state index contributed by atoms with van der Waals surface area (Å²) in [5.74, 6) is 0.553. The van der Waals surface area contributed by atoms with Crippen LogP contribution in [0.3, 0.4) is 0 Å². The molecule has 1 saturated heterocycles. The van der Waals surface area contributed by atoms with E-state index < -0.39 is 0 Å². The molecule has 0 spiro atoms. The summed E-state index contributed by atoms with van der Waals surface area (Å²) in [6, 6.07) is 10.9. The Morgan fingerprint density at radius 1 is 1.30 bits per heavy atom. The fraction of sp³-hybridized carbons (Fsp3) is 0.500. The molecule has 1 N–H and O–H groups in total. The van der Waals surface area contributed by atoms with Crippen molar-refractivity contribution in [3.8, 4) is 0 Å². The Labute approximate surface area is 182 Å². The summed E-state index contributed by atoms with van der Waals surface area (Å²) in [4.78, 5) is 16.6. The van der Waals surface area contributed by atoms with Crippen molar-refractivity contribution in [2.75, 3.05) is 37.0 Å². The van der Waals surface area contributed by atoms with Gasteiger partial charge in [0, 0.05) is 38.3 Å². The highest BCUT2D eigenvalue weighted by molar-refractivity contribution is 7.97. The standard InChI is InChI=1S/C22H30FN5OS/c1-22(2,3)15-24-19-12-11-18(25-21(19)27(4)26-29)16-8-7-13-28(14-16)30-20-10-6-5-9-17(20)23/h5-6,9-12,16,24H,7-8,13-15H2,1-4H3. The lowest BCUT2D eigenvalue weighted by Crippen LogP contribution is -2.30. The predicted molar refractivity (Wildman–Crippen MR) is 122 cm³/mol. The third-order valence-electron chi connectivity index (χ3n) is 5.00. The van der Waals surface area contributed by atoms with Gasteiger partial charge in [-0.15, -0.1) is 4.91 Å². The van der Waals surface area contributed by atoms with E-state index in [1.807, 2.05) is 18.2 Å². The van der Waals surface area contributed by atoms with Crippen LogP contribution in [0.4, 0.5) is 15.9 Å². The Kier molecular flexibility index (Phi) is 7.31. The van der Waals surface area contributed by atoms with Crippen molar-refractivity contribution in [2.45, 2.75) is 44.4 Å². The number of aromatic nitrogens is 1. The maximum absolute atomic E-state index is 14.0. The molecular formula is C22H30FN5OS. The average molecular weight is 432 g/mol. The number of hydrogen-bond donors (Lipinski definition) is 1. The molecule has 1 aliphatic rings. The van der Waals surface area contributed by atoms with Crippen molar-refractivity contribution in [3.63, 3.8) is 0 Å². The number of piperidine rings is 1. The van der Waals surface area contributed by atoms with Crippen molar-refractivity contribution in [1.82, 2.24) is 9.29 Å². The van der Waals surface area contributed by atoms with Gasteiger partial charge in [0.2, 0.25) is 0 Å². The molecule has 0 aliphatic carbocycles. The van der Waals surface area contributed by atoms with E-state index in [4.69, 9.17) is 4.98 Å². The normalized spacial score (nSPS) is 17.6. The van der Waals surface area contributed by atoms with Crippen LogP contribution >= 0.6 is 11.9 Å². The van der Waals surface area contributed by atoms with Crippen LogP contribution in [0, 0.1) is 16.1 Å². The van der Waals surface area contributed by atoms with Gasteiger partial charge in [-0.1, -0.05) is 32.9 Å². The van der Waals surface area contributed by atoms with Crippen LogP contribution in [0.1, 0.15) is 45.2 Å². The number of rotatable bonds is 7. The minimum absolute atomic E-state index is 0.0942. The van der Waals surface area contributed by atoms with Gasteiger partial charge in [-0.05, 0) is 54.5 Å². The molecule has 2 heterocycles. The first-order valence-electron chi connectivity index (χ1n) is 10.3. The molecule has 1 atom stereocenters. The number of nitrogens with one attached hydrogen (secondary N) is 1. The van der Waals surface area contributed by atoms with Gasteiger partial charge in [0.1, 0.15) is 5.82 Å². The van der Waals surface area contributed by atoms with Gasteiger partial charge in [-0.3, -0.25) is 0 Å². The SMILES string of the molecule is CN(N=O)c1nc(C2CCCN(Sc3ccccc3F)C2)ccc1NCC(C)(C)C. The van der Waals surface area contributed by atoms with Crippen LogP contribution in [0.5, 0.6) is 0 Å². The molecule has 1 aromatic carbocycles. The molecule has 0 amide bonds. The molecule has 6 nitrogen and oxygen atoms in total. The number of anilines is 2. The molecule has 2 aromatic rings. The molecule has 1 aromatic heterocycles. The van der Waals surface area contributed by atoms with Crippen LogP contribution in [0.25, 0.3) is 0 Å². The third kappa shape index (κ3) is 5.92. The van der Waals surface area contributed by atoms with Gasteiger partial charge in [0.05, 0.1) is 15.9 Å². The second-order valence-electron chi connectivity index (χ2n) is 8.88. The maximum Gasteiger partial charge on any atom is 0.175 e. The van der Waals surface area contributed by atoms with Gasteiger partial charge in [0.15, 0.2) is 5.82 Å². The number of halogens is 1. The van der Waals surface area contributed by atoms with Gasteiger partial charge < -0.3 is 5.32 Å². The van der Waals surface area contributed by atoms with Crippen molar-refractivity contribution in [2.24, 2.45) is 10.7 Å². The van der Waals surface area contributed by atoms with E-state index in [9.17, 15) is 9.30 Å². The van der Waals surface area contributed by atoms with Crippen LogP contribution in [0.15, 0.2) is 46.6 Å². The van der Waals surface area contributed by atoms with Crippen molar-refractivity contribution in [3.05, 3.63) is 52.8 Å². The quantitative estimate of drug-likeness (QED) is 0.346. The average Bonchev–Trinajstić information content (AvgIpc) is 2.73. The number of benzene rings is 1. The minimum Gasteiger partial charge on any atom is -0.381 e. The Morgan fingerprint density at radius 3 is 2.77 bits per heavy atom. The number of nitroso groups, excluding NO2 is 1. The highest BCUT2D eigenvalue weighted by Gasteiger charge is 2.25. The Hall–Kier alpha value is -2.19. The van der Waals surface area contributed by atoms with E-state index in [-0.39, 0.29) is 17.2 Å². The summed E-state index contributed by atoms with van der Waals surface area (Å²) in [6.07, 6.45) is 2.02. The molecule has 3 rings (SSSR count). The first-order valence-corrected chi connectivity index (χ1v) is 11.0. The number of hydrogen-bond acceptors (Lipinski definition) is 6. The highest BCUT2D eigenvalue weighted by atomic mass is 32.2. The monoisotopic (exact) mass is 431 g/mol. The molecule has 0 bridgehead atoms. The van der Waals surface area contributed by atoms with Gasteiger partial charge >= 0.3 is 0 Å². The molecule has 8 heteroatoms. The Morgan fingerprint density at radius 2 is 2.07 bits per heavy atom. The lowest BCUT2D eigenvalue weighted by molar-refractivity contribution is 0.338. The molecule has 30 heavy (non-hydrogen) atoms. The van der Waals surface area contributed by atoms with Crippen molar-refractivity contribution >= 4 is 23.5 Å². The molecule has 1 aliphatic heterocycles. The van der Waals surface area contributed by atoms with E-state index in [0.717, 1.165) is 43.9 Å². The van der Waals surface area contributed by atoms with Crippen molar-refractivity contribution < 1.29 is 4.39 Å². The number of pyridine rings is 1. The summed E-state index contributed by atoms with van der Waals surface area (Å²) in [6.45, 7) is 8.87. The lowest BCUT2D eigenvalue weighted by atomic mass is 9.95. The van der Waals surface area contributed by atoms with Gasteiger partial charge in [-0.2, -0.15) is 0 Å². The maximum atomic E-state index is 14.0. The fourth-order valence-corrected chi connectivity index (χ4v) is 4.45. The zero-order valence-electron chi connectivity index (χ0n) is 18.1. The highest BCUT2D eigenvalue weighted by Crippen LogP contribution is 2.35. The molecule has 0 saturated carbocycles. The van der Waals surface area contributed by atoms with Crippen LogP contribution in [-0.4, -0.2) is 36.0 Å². The van der Waals surface area contributed by atoms with Crippen LogP contribution < -0.4 is 10.3 Å². The second-order valence-corrected chi connectivity index (χ2v) is 10.0. The largest absolute Gasteiger partial charge is 0.381 e. The van der Waals surface area contributed by atoms with E-state index in [1.54, 1.807) is 19.2 Å². The Balaban J connectivity index is 1.77. The summed E-state index contributed by atoms with van der Waals surface area (Å²) in [5.41, 5.74) is 1.82. The summed E-state index contributed by atoms with van der Waals surface area (Å²) >= 11 is 1.46. The van der Waals surface area contributed by atoms with Gasteiger partial charge in [0.25, 0.3) is 0 Å². The topological polar surface area (TPSA) is 60.8 Å². The van der Waals surface area contributed by atoms with E-state index >= 15 is 0 Å². The summed E-state index contributed by atoms with van der Waals surface area (Å²) in [7, 11) is 1.61. The van der Waals surface area contributed by atoms with Crippen LogP contribution in [0.2, 0.25) is 0 Å². The van der Waals surface area contributed by atoms with E-state index in [0.29, 0.717) is 10.7 Å². The zero-order valence-corrected chi connectivity index (χ0v) is 18.9. The Bertz CT molecular complexity index is 873. The van der Waals surface area contributed by atoms with E-state index in [2.05, 4.69) is 35.7 Å². The predicted octanol–water partition coefficient (Wildman–Crippen LogP) is 5.68. The molecule has 1 unspecified atom stereocenters. The summed E-state index contributed by atoms with van der Waals surface area (Å²) in [5, 5.41) is 7.71. The smallest absolute Gasteiger partial charge is 0.175 e. The first kappa shape index (κ1) is 22.5. The second kappa shape index (κ2) is 9.75. The number of nitrogens with zero attached hydrogens (tertiary/aromatic N) is 4. The molecule has 1 fully saturated rings.